The van der Waals surface area contributed by atoms with Gasteiger partial charge in [-0.1, -0.05) is 24.3 Å². The number of para-hydroxylation sites is 1. The van der Waals surface area contributed by atoms with Crippen LogP contribution in [0.1, 0.15) is 23.4 Å². The van der Waals surface area contributed by atoms with Crippen LogP contribution in [0.15, 0.2) is 70.0 Å². The predicted molar refractivity (Wildman–Crippen MR) is 116 cm³/mol. The van der Waals surface area contributed by atoms with E-state index in [2.05, 4.69) is 5.32 Å². The van der Waals surface area contributed by atoms with Gasteiger partial charge in [-0.15, -0.1) is 0 Å². The zero-order valence-electron chi connectivity index (χ0n) is 16.5. The van der Waals surface area contributed by atoms with Gasteiger partial charge in [0.1, 0.15) is 5.58 Å². The molecule has 2 aromatic heterocycles. The van der Waals surface area contributed by atoms with E-state index in [4.69, 9.17) is 9.15 Å². The molecule has 6 nitrogen and oxygen atoms in total. The van der Waals surface area contributed by atoms with E-state index in [1.54, 1.807) is 28.8 Å². The lowest BCUT2D eigenvalue weighted by Gasteiger charge is -2.23. The number of aromatic nitrogens is 1. The maximum absolute atomic E-state index is 13.0. The Labute approximate surface area is 173 Å². The average molecular weight is 402 g/mol. The van der Waals surface area contributed by atoms with Gasteiger partial charge in [-0.3, -0.25) is 9.59 Å². The number of nitrogens with one attached hydrogen (secondary N) is 1. The van der Waals surface area contributed by atoms with Gasteiger partial charge in [-0.25, -0.2) is 0 Å². The third-order valence-corrected chi connectivity index (χ3v) is 5.71. The molecule has 5 rings (SSSR count). The smallest absolute Gasteiger partial charge is 0.291 e. The Kier molecular flexibility index (Phi) is 4.85. The van der Waals surface area contributed by atoms with Crippen LogP contribution in [0.3, 0.4) is 0 Å². The van der Waals surface area contributed by atoms with Crippen LogP contribution in [-0.2, 0) is 11.3 Å². The van der Waals surface area contributed by atoms with Gasteiger partial charge in [0.05, 0.1) is 0 Å². The first-order chi connectivity index (χ1) is 14.7. The summed E-state index contributed by atoms with van der Waals surface area (Å²) < 4.78 is 12.8. The van der Waals surface area contributed by atoms with Crippen molar-refractivity contribution in [1.82, 2.24) is 4.57 Å². The second-order valence-corrected chi connectivity index (χ2v) is 7.70. The molecule has 1 aliphatic rings. The van der Waals surface area contributed by atoms with Crippen molar-refractivity contribution >= 4 is 33.3 Å². The second kappa shape index (κ2) is 7.80. The molecule has 0 aliphatic carbocycles. The van der Waals surface area contributed by atoms with E-state index >= 15 is 0 Å². The molecule has 1 amide bonds. The number of nitrogens with zero attached hydrogens (tertiary/aromatic N) is 1. The number of rotatable bonds is 4. The fourth-order valence-corrected chi connectivity index (χ4v) is 4.06. The molecular weight excluding hydrogens is 380 g/mol. The van der Waals surface area contributed by atoms with Crippen molar-refractivity contribution in [2.45, 2.75) is 19.4 Å². The molecular formula is C24H22N2O4. The summed E-state index contributed by atoms with van der Waals surface area (Å²) in [4.78, 5) is 25.8. The van der Waals surface area contributed by atoms with Gasteiger partial charge in [-0.05, 0) is 49.1 Å². The van der Waals surface area contributed by atoms with Gasteiger partial charge >= 0.3 is 0 Å². The number of amides is 1. The molecule has 1 aliphatic heterocycles. The van der Waals surface area contributed by atoms with Crippen LogP contribution in [-0.4, -0.2) is 23.7 Å². The number of carbonyl (C=O) groups is 1. The summed E-state index contributed by atoms with van der Waals surface area (Å²) >= 11 is 0. The van der Waals surface area contributed by atoms with E-state index in [0.29, 0.717) is 29.1 Å². The number of hydrogen-bond donors (Lipinski definition) is 1. The van der Waals surface area contributed by atoms with Gasteiger partial charge in [0, 0.05) is 47.8 Å². The first kappa shape index (κ1) is 18.6. The largest absolute Gasteiger partial charge is 0.451 e. The summed E-state index contributed by atoms with van der Waals surface area (Å²) in [5.41, 5.74) is 1.21. The maximum atomic E-state index is 13.0. The Morgan fingerprint density at radius 3 is 2.70 bits per heavy atom. The van der Waals surface area contributed by atoms with E-state index in [0.717, 1.165) is 36.8 Å². The Morgan fingerprint density at radius 1 is 1.03 bits per heavy atom. The minimum absolute atomic E-state index is 0.0428. The lowest BCUT2D eigenvalue weighted by Crippen LogP contribution is -2.27. The molecule has 0 bridgehead atoms. The normalized spacial score (nSPS) is 14.9. The number of furan rings is 1. The molecule has 152 valence electrons. The van der Waals surface area contributed by atoms with Crippen LogP contribution < -0.4 is 10.9 Å². The molecule has 0 unspecified atom stereocenters. The summed E-state index contributed by atoms with van der Waals surface area (Å²) in [7, 11) is 0. The quantitative estimate of drug-likeness (QED) is 0.548. The summed E-state index contributed by atoms with van der Waals surface area (Å²) in [6.07, 6.45) is 3.76. The predicted octanol–water partition coefficient (Wildman–Crippen LogP) is 4.43. The van der Waals surface area contributed by atoms with Crippen LogP contribution in [0, 0.1) is 5.92 Å². The summed E-state index contributed by atoms with van der Waals surface area (Å²) in [5, 5.41) is 5.07. The Hall–Kier alpha value is -3.38. The van der Waals surface area contributed by atoms with Gasteiger partial charge in [-0.2, -0.15) is 0 Å². The third-order valence-electron chi connectivity index (χ3n) is 5.71. The van der Waals surface area contributed by atoms with Crippen molar-refractivity contribution in [3.8, 4) is 0 Å². The number of benzene rings is 2. The van der Waals surface area contributed by atoms with Crippen molar-refractivity contribution in [2.75, 3.05) is 18.5 Å². The molecule has 4 aromatic rings. The first-order valence-corrected chi connectivity index (χ1v) is 10.2. The molecule has 6 heteroatoms. The van der Waals surface area contributed by atoms with E-state index in [-0.39, 0.29) is 17.2 Å². The van der Waals surface area contributed by atoms with Crippen LogP contribution in [0.2, 0.25) is 0 Å². The fourth-order valence-electron chi connectivity index (χ4n) is 4.06. The van der Waals surface area contributed by atoms with Crippen LogP contribution in [0.5, 0.6) is 0 Å². The molecule has 3 heterocycles. The number of ether oxygens (including phenoxy) is 1. The summed E-state index contributed by atoms with van der Waals surface area (Å²) in [6, 6.07) is 16.5. The average Bonchev–Trinajstić information content (AvgIpc) is 3.21. The molecule has 0 saturated carbocycles. The topological polar surface area (TPSA) is 73.5 Å². The van der Waals surface area contributed by atoms with Crippen molar-refractivity contribution in [2.24, 2.45) is 5.92 Å². The van der Waals surface area contributed by atoms with Crippen molar-refractivity contribution in [3.63, 3.8) is 0 Å². The molecule has 2 aromatic carbocycles. The fraction of sp³-hybridized carbons (Fsp3) is 0.250. The maximum Gasteiger partial charge on any atom is 0.291 e. The minimum atomic E-state index is -0.343. The molecule has 1 saturated heterocycles. The van der Waals surface area contributed by atoms with Crippen molar-refractivity contribution in [1.29, 1.82) is 0 Å². The minimum Gasteiger partial charge on any atom is -0.451 e. The lowest BCUT2D eigenvalue weighted by molar-refractivity contribution is 0.0610. The van der Waals surface area contributed by atoms with Gasteiger partial charge in [0.15, 0.2) is 5.76 Å². The van der Waals surface area contributed by atoms with Crippen LogP contribution in [0.4, 0.5) is 5.69 Å². The first-order valence-electron chi connectivity index (χ1n) is 10.2. The van der Waals surface area contributed by atoms with E-state index in [1.807, 2.05) is 36.5 Å². The highest BCUT2D eigenvalue weighted by atomic mass is 16.5. The summed E-state index contributed by atoms with van der Waals surface area (Å²) in [6.45, 7) is 2.20. The van der Waals surface area contributed by atoms with E-state index in [9.17, 15) is 9.59 Å². The zero-order valence-corrected chi connectivity index (χ0v) is 16.5. The van der Waals surface area contributed by atoms with Crippen molar-refractivity contribution in [3.05, 3.63) is 76.9 Å². The second-order valence-electron chi connectivity index (χ2n) is 7.70. The highest BCUT2D eigenvalue weighted by Gasteiger charge is 2.17. The van der Waals surface area contributed by atoms with Crippen LogP contribution in [0.25, 0.3) is 21.7 Å². The van der Waals surface area contributed by atoms with Gasteiger partial charge < -0.3 is 19.0 Å². The van der Waals surface area contributed by atoms with Crippen molar-refractivity contribution < 1.29 is 13.9 Å². The highest BCUT2D eigenvalue weighted by molar-refractivity contribution is 6.09. The molecule has 1 fully saturated rings. The molecule has 0 atom stereocenters. The number of hydrogen-bond acceptors (Lipinski definition) is 4. The Balaban J connectivity index is 1.43. The molecule has 1 N–H and O–H groups in total. The summed E-state index contributed by atoms with van der Waals surface area (Å²) in [5.74, 6) is 0.344. The zero-order chi connectivity index (χ0) is 20.5. The lowest BCUT2D eigenvalue weighted by atomic mass is 10.00. The number of carbonyl (C=O) groups excluding carboxylic acids is 1. The number of fused-ring (bicyclic) bond motifs is 2. The van der Waals surface area contributed by atoms with Gasteiger partial charge in [0.2, 0.25) is 0 Å². The van der Waals surface area contributed by atoms with Gasteiger partial charge in [0.25, 0.3) is 11.5 Å². The third kappa shape index (κ3) is 3.50. The SMILES string of the molecule is O=C(Nc1cccc2c(=O)n(CC3CCOCC3)ccc12)c1cc2ccccc2o1. The molecule has 0 radical (unpaired) electrons. The van der Waals surface area contributed by atoms with E-state index < -0.39 is 0 Å². The molecule has 30 heavy (non-hydrogen) atoms. The highest BCUT2D eigenvalue weighted by Crippen LogP contribution is 2.24. The Morgan fingerprint density at radius 2 is 1.87 bits per heavy atom. The number of pyridine rings is 1. The van der Waals surface area contributed by atoms with E-state index in [1.165, 1.54) is 0 Å². The Bertz CT molecular complexity index is 1250. The number of anilines is 1. The van der Waals surface area contributed by atoms with Crippen LogP contribution >= 0.6 is 0 Å². The monoisotopic (exact) mass is 402 g/mol. The standard InChI is InChI=1S/C24H22N2O4/c27-23(22-14-17-4-1-2-7-21(17)30-22)25-20-6-3-5-19-18(20)8-11-26(24(19)28)15-16-9-12-29-13-10-16/h1-8,11,14,16H,9-10,12-13,15H2,(H,25,27). The molecule has 0 spiro atoms.